The molecule has 1 aromatic heterocycles. The van der Waals surface area contributed by atoms with E-state index in [9.17, 15) is 9.59 Å². The van der Waals surface area contributed by atoms with Gasteiger partial charge in [0.2, 0.25) is 0 Å². The van der Waals surface area contributed by atoms with Gasteiger partial charge < -0.3 is 15.4 Å². The van der Waals surface area contributed by atoms with E-state index in [4.69, 9.17) is 4.74 Å². The van der Waals surface area contributed by atoms with Crippen LogP contribution in [-0.2, 0) is 4.74 Å². The van der Waals surface area contributed by atoms with Crippen LogP contribution in [0.5, 0.6) is 0 Å². The van der Waals surface area contributed by atoms with Gasteiger partial charge in [-0.3, -0.25) is 9.59 Å². The largest absolute Gasteiger partial charge is 0.381 e. The summed E-state index contributed by atoms with van der Waals surface area (Å²) in [5.41, 5.74) is 1.89. The van der Waals surface area contributed by atoms with Gasteiger partial charge in [0.1, 0.15) is 0 Å². The summed E-state index contributed by atoms with van der Waals surface area (Å²) in [5, 5.41) is 9.48. The van der Waals surface area contributed by atoms with Crippen molar-refractivity contribution >= 4 is 28.8 Å². The molecule has 1 aliphatic heterocycles. The number of benzene rings is 1. The lowest BCUT2D eigenvalue weighted by Crippen LogP contribution is -2.38. The number of rotatable bonds is 4. The molecule has 0 aliphatic carbocycles. The van der Waals surface area contributed by atoms with Crippen molar-refractivity contribution in [2.24, 2.45) is 0 Å². The van der Waals surface area contributed by atoms with Crippen molar-refractivity contribution in [3.05, 3.63) is 52.2 Å². The third-order valence-electron chi connectivity index (χ3n) is 3.74. The highest BCUT2D eigenvalue weighted by Crippen LogP contribution is 2.14. The van der Waals surface area contributed by atoms with Crippen molar-refractivity contribution < 1.29 is 14.3 Å². The van der Waals surface area contributed by atoms with Crippen molar-refractivity contribution in [2.75, 3.05) is 18.5 Å². The predicted molar refractivity (Wildman–Crippen MR) is 90.0 cm³/mol. The summed E-state index contributed by atoms with van der Waals surface area (Å²) in [6, 6.07) is 8.87. The van der Waals surface area contributed by atoms with Gasteiger partial charge in [-0.05, 0) is 48.6 Å². The molecular weight excluding hydrogens is 312 g/mol. The smallest absolute Gasteiger partial charge is 0.256 e. The molecule has 1 saturated heterocycles. The van der Waals surface area contributed by atoms with Crippen molar-refractivity contribution in [3.8, 4) is 0 Å². The minimum Gasteiger partial charge on any atom is -0.381 e. The van der Waals surface area contributed by atoms with Crippen LogP contribution >= 0.6 is 11.3 Å². The van der Waals surface area contributed by atoms with E-state index in [1.54, 1.807) is 35.7 Å². The van der Waals surface area contributed by atoms with Crippen LogP contribution in [0.2, 0.25) is 0 Å². The normalized spacial score (nSPS) is 15.1. The average Bonchev–Trinajstić information content (AvgIpc) is 3.11. The van der Waals surface area contributed by atoms with E-state index in [1.807, 2.05) is 5.38 Å². The Balaban J connectivity index is 1.58. The van der Waals surface area contributed by atoms with Crippen LogP contribution in [0.1, 0.15) is 33.6 Å². The maximum Gasteiger partial charge on any atom is 0.256 e. The van der Waals surface area contributed by atoms with Crippen LogP contribution in [0.4, 0.5) is 5.69 Å². The number of anilines is 1. The fraction of sp³-hybridized carbons (Fsp3) is 0.294. The van der Waals surface area contributed by atoms with Gasteiger partial charge in [-0.15, -0.1) is 0 Å². The third kappa shape index (κ3) is 4.18. The molecule has 1 aliphatic rings. The number of ether oxygens (including phenoxy) is 1. The second-order valence-corrected chi connectivity index (χ2v) is 6.18. The summed E-state index contributed by atoms with van der Waals surface area (Å²) in [6.45, 7) is 1.39. The van der Waals surface area contributed by atoms with Crippen molar-refractivity contribution in [1.29, 1.82) is 0 Å². The first-order valence-corrected chi connectivity index (χ1v) is 8.49. The van der Waals surface area contributed by atoms with E-state index in [0.29, 0.717) is 30.0 Å². The molecule has 2 aromatic rings. The fourth-order valence-electron chi connectivity index (χ4n) is 2.41. The minimum atomic E-state index is -0.148. The maximum atomic E-state index is 12.2. The second-order valence-electron chi connectivity index (χ2n) is 5.40. The van der Waals surface area contributed by atoms with Crippen LogP contribution in [-0.4, -0.2) is 31.1 Å². The molecule has 0 unspecified atom stereocenters. The molecule has 2 amide bonds. The second kappa shape index (κ2) is 7.39. The Bertz CT molecular complexity index is 662. The molecular formula is C17H18N2O3S. The summed E-state index contributed by atoms with van der Waals surface area (Å²) in [7, 11) is 0. The molecule has 120 valence electrons. The quantitative estimate of drug-likeness (QED) is 0.906. The molecule has 5 nitrogen and oxygen atoms in total. The highest BCUT2D eigenvalue weighted by Gasteiger charge is 2.17. The van der Waals surface area contributed by atoms with E-state index >= 15 is 0 Å². The first-order valence-electron chi connectivity index (χ1n) is 7.54. The zero-order chi connectivity index (χ0) is 16.1. The zero-order valence-electron chi connectivity index (χ0n) is 12.6. The molecule has 2 heterocycles. The van der Waals surface area contributed by atoms with E-state index in [2.05, 4.69) is 10.6 Å². The lowest BCUT2D eigenvalue weighted by Gasteiger charge is -2.23. The summed E-state index contributed by atoms with van der Waals surface area (Å²) < 4.78 is 5.28. The Hall–Kier alpha value is -2.18. The van der Waals surface area contributed by atoms with Gasteiger partial charge in [-0.1, -0.05) is 0 Å². The monoisotopic (exact) mass is 330 g/mol. The number of amides is 2. The third-order valence-corrected chi connectivity index (χ3v) is 4.43. The summed E-state index contributed by atoms with van der Waals surface area (Å²) in [4.78, 5) is 24.2. The fourth-order valence-corrected chi connectivity index (χ4v) is 3.05. The number of hydrogen-bond donors (Lipinski definition) is 2. The van der Waals surface area contributed by atoms with Crippen molar-refractivity contribution in [3.63, 3.8) is 0 Å². The van der Waals surface area contributed by atoms with Gasteiger partial charge in [0, 0.05) is 35.9 Å². The van der Waals surface area contributed by atoms with Crippen LogP contribution in [0.25, 0.3) is 0 Å². The highest BCUT2D eigenvalue weighted by atomic mass is 32.1. The predicted octanol–water partition coefficient (Wildman–Crippen LogP) is 2.91. The van der Waals surface area contributed by atoms with Gasteiger partial charge in [0.05, 0.1) is 5.56 Å². The lowest BCUT2D eigenvalue weighted by atomic mass is 10.1. The maximum absolute atomic E-state index is 12.2. The summed E-state index contributed by atoms with van der Waals surface area (Å²) in [5.74, 6) is -0.238. The Morgan fingerprint density at radius 1 is 1.00 bits per heavy atom. The Labute approximate surface area is 138 Å². The molecule has 1 fully saturated rings. The van der Waals surface area contributed by atoms with E-state index in [0.717, 1.165) is 12.8 Å². The molecule has 0 saturated carbocycles. The number of thiophene rings is 1. The molecule has 3 rings (SSSR count). The van der Waals surface area contributed by atoms with Crippen molar-refractivity contribution in [2.45, 2.75) is 18.9 Å². The Morgan fingerprint density at radius 2 is 1.74 bits per heavy atom. The number of hydrogen-bond acceptors (Lipinski definition) is 4. The van der Waals surface area contributed by atoms with E-state index < -0.39 is 0 Å². The van der Waals surface area contributed by atoms with Crippen LogP contribution in [0.15, 0.2) is 41.1 Å². The molecule has 0 atom stereocenters. The lowest BCUT2D eigenvalue weighted by molar-refractivity contribution is 0.0696. The van der Waals surface area contributed by atoms with Gasteiger partial charge >= 0.3 is 0 Å². The number of carbonyl (C=O) groups is 2. The van der Waals surface area contributed by atoms with Crippen LogP contribution in [0, 0.1) is 0 Å². The van der Waals surface area contributed by atoms with Crippen LogP contribution in [0.3, 0.4) is 0 Å². The highest BCUT2D eigenvalue weighted by molar-refractivity contribution is 7.08. The van der Waals surface area contributed by atoms with Crippen LogP contribution < -0.4 is 10.6 Å². The Kier molecular flexibility index (Phi) is 5.05. The van der Waals surface area contributed by atoms with E-state index in [-0.39, 0.29) is 17.9 Å². The first-order chi connectivity index (χ1) is 11.2. The molecule has 0 radical (unpaired) electrons. The zero-order valence-corrected chi connectivity index (χ0v) is 13.4. The minimum absolute atomic E-state index is 0.0902. The van der Waals surface area contributed by atoms with Gasteiger partial charge in [0.15, 0.2) is 0 Å². The van der Waals surface area contributed by atoms with Gasteiger partial charge in [0.25, 0.3) is 11.8 Å². The van der Waals surface area contributed by atoms with Gasteiger partial charge in [-0.2, -0.15) is 11.3 Å². The van der Waals surface area contributed by atoms with E-state index in [1.165, 1.54) is 11.3 Å². The topological polar surface area (TPSA) is 67.4 Å². The molecule has 0 bridgehead atoms. The summed E-state index contributed by atoms with van der Waals surface area (Å²) in [6.07, 6.45) is 1.70. The molecule has 23 heavy (non-hydrogen) atoms. The standard InChI is InChI=1S/C17H18N2O3S/c20-16(19-15-5-8-22-9-6-15)12-1-3-14(4-2-12)18-17(21)13-7-10-23-11-13/h1-4,7,10-11,15H,5-6,8-9H2,(H,18,21)(H,19,20). The SMILES string of the molecule is O=C(Nc1ccc(C(=O)NC2CCOCC2)cc1)c1ccsc1. The first kappa shape index (κ1) is 15.7. The van der Waals surface area contributed by atoms with Crippen molar-refractivity contribution in [1.82, 2.24) is 5.32 Å². The summed E-state index contributed by atoms with van der Waals surface area (Å²) >= 11 is 1.48. The molecule has 2 N–H and O–H groups in total. The number of carbonyl (C=O) groups excluding carboxylic acids is 2. The molecule has 1 aromatic carbocycles. The molecule has 0 spiro atoms. The molecule has 6 heteroatoms. The van der Waals surface area contributed by atoms with Gasteiger partial charge in [-0.25, -0.2) is 0 Å². The number of nitrogens with one attached hydrogen (secondary N) is 2. The average molecular weight is 330 g/mol. The Morgan fingerprint density at radius 3 is 2.39 bits per heavy atom.